The Morgan fingerprint density at radius 1 is 1.30 bits per heavy atom. The quantitative estimate of drug-likeness (QED) is 0.417. The summed E-state index contributed by atoms with van der Waals surface area (Å²) in [6.45, 7) is 1.55. The molecule has 3 N–H and O–H groups in total. The zero-order valence-corrected chi connectivity index (χ0v) is 11.0. The number of ether oxygens (including phenoxy) is 1. The summed E-state index contributed by atoms with van der Waals surface area (Å²) in [6, 6.07) is 5.94. The summed E-state index contributed by atoms with van der Waals surface area (Å²) >= 11 is 0. The lowest BCUT2D eigenvalue weighted by atomic mass is 10.3. The minimum atomic E-state index is -0.902. The van der Waals surface area contributed by atoms with Gasteiger partial charge in [-0.1, -0.05) is 6.07 Å². The molecule has 0 atom stereocenters. The number of hydrogen-bond donors (Lipinski definition) is 3. The highest BCUT2D eigenvalue weighted by Gasteiger charge is 2.04. The number of carboxylic acids is 1. The number of hydrogen-bond acceptors (Lipinski definition) is 4. The van der Waals surface area contributed by atoms with E-state index >= 15 is 0 Å². The summed E-state index contributed by atoms with van der Waals surface area (Å²) in [6.07, 6.45) is 0.360. The highest BCUT2D eigenvalue weighted by atomic mass is 16.5. The Morgan fingerprint density at radius 3 is 2.70 bits per heavy atom. The summed E-state index contributed by atoms with van der Waals surface area (Å²) in [5, 5.41) is 13.5. The maximum Gasteiger partial charge on any atom is 0.319 e. The maximum absolute atomic E-state index is 11.5. The molecule has 108 valence electrons. The largest absolute Gasteiger partial charge is 0.481 e. The number of amides is 2. The Bertz CT molecular complexity index is 501. The predicted octanol–water partition coefficient (Wildman–Crippen LogP) is 1.60. The van der Waals surface area contributed by atoms with Crippen molar-refractivity contribution in [2.24, 2.45) is 0 Å². The molecule has 20 heavy (non-hydrogen) atoms. The first kappa shape index (κ1) is 15.5. The molecule has 0 fully saturated rings. The average Bonchev–Trinajstić information content (AvgIpc) is 2.34. The molecule has 0 radical (unpaired) electrons. The minimum Gasteiger partial charge on any atom is -0.481 e. The Labute approximate surface area is 115 Å². The Hall–Kier alpha value is -2.57. The van der Waals surface area contributed by atoms with Crippen molar-refractivity contribution in [3.8, 4) is 5.75 Å². The lowest BCUT2D eigenvalue weighted by Crippen LogP contribution is -2.29. The van der Waals surface area contributed by atoms with Crippen LogP contribution in [0.1, 0.15) is 19.8 Å². The SMILES string of the molecule is CC(=O)Oc1cccc(NC(=O)NCCCC(=O)O)c1. The molecular weight excluding hydrogens is 264 g/mol. The second kappa shape index (κ2) is 7.78. The highest BCUT2D eigenvalue weighted by molar-refractivity contribution is 5.89. The molecular formula is C13H16N2O5. The van der Waals surface area contributed by atoms with Crippen molar-refractivity contribution in [2.75, 3.05) is 11.9 Å². The van der Waals surface area contributed by atoms with Gasteiger partial charge in [0.05, 0.1) is 0 Å². The van der Waals surface area contributed by atoms with Gasteiger partial charge in [0, 0.05) is 31.6 Å². The van der Waals surface area contributed by atoms with E-state index in [1.165, 1.54) is 13.0 Å². The van der Waals surface area contributed by atoms with Gasteiger partial charge in [0.15, 0.2) is 0 Å². The van der Waals surface area contributed by atoms with E-state index in [0.717, 1.165) is 0 Å². The van der Waals surface area contributed by atoms with Crippen LogP contribution in [0.25, 0.3) is 0 Å². The van der Waals surface area contributed by atoms with Crippen molar-refractivity contribution in [2.45, 2.75) is 19.8 Å². The smallest absolute Gasteiger partial charge is 0.319 e. The molecule has 0 aliphatic carbocycles. The van der Waals surface area contributed by atoms with Gasteiger partial charge in [-0.15, -0.1) is 0 Å². The van der Waals surface area contributed by atoms with E-state index in [4.69, 9.17) is 9.84 Å². The molecule has 0 saturated heterocycles. The van der Waals surface area contributed by atoms with Crippen LogP contribution < -0.4 is 15.4 Å². The molecule has 1 aromatic carbocycles. The van der Waals surface area contributed by atoms with Crippen LogP contribution in [-0.4, -0.2) is 29.6 Å². The number of anilines is 1. The average molecular weight is 280 g/mol. The molecule has 0 unspecified atom stereocenters. The van der Waals surface area contributed by atoms with Crippen molar-refractivity contribution >= 4 is 23.7 Å². The molecule has 7 nitrogen and oxygen atoms in total. The number of esters is 1. The monoisotopic (exact) mass is 280 g/mol. The fraction of sp³-hybridized carbons (Fsp3) is 0.308. The summed E-state index contributed by atoms with van der Waals surface area (Å²) in [4.78, 5) is 32.6. The lowest BCUT2D eigenvalue weighted by molar-refractivity contribution is -0.137. The summed E-state index contributed by atoms with van der Waals surface area (Å²) in [5.41, 5.74) is 0.472. The fourth-order valence-electron chi connectivity index (χ4n) is 1.42. The van der Waals surface area contributed by atoms with Crippen LogP contribution in [0.4, 0.5) is 10.5 Å². The van der Waals surface area contributed by atoms with Gasteiger partial charge in [-0.25, -0.2) is 4.79 Å². The molecule has 2 amide bonds. The van der Waals surface area contributed by atoms with Crippen LogP contribution in [-0.2, 0) is 9.59 Å². The van der Waals surface area contributed by atoms with Gasteiger partial charge >= 0.3 is 18.0 Å². The summed E-state index contributed by atoms with van der Waals surface area (Å²) in [5.74, 6) is -1.01. The van der Waals surface area contributed by atoms with Crippen LogP contribution in [0.5, 0.6) is 5.75 Å². The molecule has 1 rings (SSSR count). The van der Waals surface area contributed by atoms with E-state index in [0.29, 0.717) is 17.9 Å². The third-order valence-corrected chi connectivity index (χ3v) is 2.21. The molecule has 1 aromatic rings. The topological polar surface area (TPSA) is 105 Å². The van der Waals surface area contributed by atoms with Gasteiger partial charge in [-0.05, 0) is 18.6 Å². The number of urea groups is 1. The van der Waals surface area contributed by atoms with Crippen molar-refractivity contribution in [3.05, 3.63) is 24.3 Å². The first-order valence-corrected chi connectivity index (χ1v) is 6.02. The summed E-state index contributed by atoms with van der Waals surface area (Å²) in [7, 11) is 0. The summed E-state index contributed by atoms with van der Waals surface area (Å²) < 4.78 is 4.89. The molecule has 0 heterocycles. The maximum atomic E-state index is 11.5. The molecule has 0 aliphatic heterocycles. The lowest BCUT2D eigenvalue weighted by Gasteiger charge is -2.08. The standard InChI is InChI=1S/C13H16N2O5/c1-9(16)20-11-5-2-4-10(8-11)15-13(19)14-7-3-6-12(17)18/h2,4-5,8H,3,6-7H2,1H3,(H,17,18)(H2,14,15,19). The van der Waals surface area contributed by atoms with E-state index in [1.54, 1.807) is 18.2 Å². The zero-order valence-electron chi connectivity index (χ0n) is 11.0. The second-order valence-corrected chi connectivity index (χ2v) is 4.00. The first-order valence-electron chi connectivity index (χ1n) is 6.02. The molecule has 0 aliphatic rings. The minimum absolute atomic E-state index is 0.00220. The molecule has 0 spiro atoms. The van der Waals surface area contributed by atoms with Crippen molar-refractivity contribution in [1.82, 2.24) is 5.32 Å². The fourth-order valence-corrected chi connectivity index (χ4v) is 1.42. The Balaban J connectivity index is 2.41. The van der Waals surface area contributed by atoms with Gasteiger partial charge in [0.2, 0.25) is 0 Å². The van der Waals surface area contributed by atoms with Crippen LogP contribution in [0.15, 0.2) is 24.3 Å². The molecule has 0 bridgehead atoms. The third kappa shape index (κ3) is 6.39. The van der Waals surface area contributed by atoms with Crippen LogP contribution in [0, 0.1) is 0 Å². The number of carbonyl (C=O) groups excluding carboxylic acids is 2. The van der Waals surface area contributed by atoms with Gasteiger partial charge < -0.3 is 20.5 Å². The first-order chi connectivity index (χ1) is 9.47. The van der Waals surface area contributed by atoms with E-state index in [-0.39, 0.29) is 13.0 Å². The van der Waals surface area contributed by atoms with Crippen LogP contribution in [0.2, 0.25) is 0 Å². The Morgan fingerprint density at radius 2 is 2.05 bits per heavy atom. The number of aliphatic carboxylic acids is 1. The van der Waals surface area contributed by atoms with Crippen molar-refractivity contribution < 1.29 is 24.2 Å². The van der Waals surface area contributed by atoms with E-state index < -0.39 is 18.0 Å². The number of nitrogens with one attached hydrogen (secondary N) is 2. The number of carbonyl (C=O) groups is 3. The normalized spacial score (nSPS) is 9.65. The van der Waals surface area contributed by atoms with Gasteiger partial charge in [0.25, 0.3) is 0 Å². The second-order valence-electron chi connectivity index (χ2n) is 4.00. The Kier molecular flexibility index (Phi) is 6.02. The van der Waals surface area contributed by atoms with E-state index in [1.807, 2.05) is 0 Å². The predicted molar refractivity (Wildman–Crippen MR) is 71.6 cm³/mol. The third-order valence-electron chi connectivity index (χ3n) is 2.21. The number of carboxylic acid groups (broad SMARTS) is 1. The highest BCUT2D eigenvalue weighted by Crippen LogP contribution is 2.17. The van der Waals surface area contributed by atoms with Crippen LogP contribution >= 0.6 is 0 Å². The van der Waals surface area contributed by atoms with Gasteiger partial charge in [0.1, 0.15) is 5.75 Å². The van der Waals surface area contributed by atoms with Gasteiger partial charge in [-0.3, -0.25) is 9.59 Å². The molecule has 0 aromatic heterocycles. The van der Waals surface area contributed by atoms with E-state index in [2.05, 4.69) is 10.6 Å². The molecule has 0 saturated carbocycles. The van der Waals surface area contributed by atoms with E-state index in [9.17, 15) is 14.4 Å². The van der Waals surface area contributed by atoms with Crippen LogP contribution in [0.3, 0.4) is 0 Å². The number of benzene rings is 1. The zero-order chi connectivity index (χ0) is 15.0. The molecule has 7 heteroatoms. The van der Waals surface area contributed by atoms with Crippen molar-refractivity contribution in [3.63, 3.8) is 0 Å². The number of rotatable bonds is 6. The van der Waals surface area contributed by atoms with Gasteiger partial charge in [-0.2, -0.15) is 0 Å². The van der Waals surface area contributed by atoms with Crippen molar-refractivity contribution in [1.29, 1.82) is 0 Å².